The monoisotopic (exact) mass is 430 g/mol. The van der Waals surface area contributed by atoms with Crippen LogP contribution in [-0.2, 0) is 16.6 Å². The number of nitrogens with zero attached hydrogens (tertiary/aromatic N) is 1. The summed E-state index contributed by atoms with van der Waals surface area (Å²) >= 11 is 0. The fourth-order valence-corrected chi connectivity index (χ4v) is 3.67. The van der Waals surface area contributed by atoms with E-state index in [0.717, 1.165) is 4.31 Å². The normalized spacial score (nSPS) is 11.3. The Morgan fingerprint density at radius 2 is 1.80 bits per heavy atom. The van der Waals surface area contributed by atoms with Crippen molar-refractivity contribution in [2.24, 2.45) is 0 Å². The summed E-state index contributed by atoms with van der Waals surface area (Å²) in [4.78, 5) is 12.5. The molecular formula is C21H22N2O6S. The van der Waals surface area contributed by atoms with Crippen LogP contribution in [0.1, 0.15) is 16.3 Å². The zero-order valence-corrected chi connectivity index (χ0v) is 17.6. The third-order valence-corrected chi connectivity index (χ3v) is 6.03. The third-order valence-electron chi connectivity index (χ3n) is 4.19. The number of carbonyl (C=O) groups excluding carboxylic acids is 1. The highest BCUT2D eigenvalue weighted by molar-refractivity contribution is 7.89. The van der Waals surface area contributed by atoms with Gasteiger partial charge < -0.3 is 19.2 Å². The van der Waals surface area contributed by atoms with E-state index >= 15 is 0 Å². The van der Waals surface area contributed by atoms with Gasteiger partial charge in [-0.25, -0.2) is 12.7 Å². The predicted molar refractivity (Wildman–Crippen MR) is 111 cm³/mol. The van der Waals surface area contributed by atoms with Crippen LogP contribution in [-0.4, -0.2) is 39.8 Å². The topological polar surface area (TPSA) is 98.1 Å². The molecule has 0 unspecified atom stereocenters. The van der Waals surface area contributed by atoms with Gasteiger partial charge in [0.2, 0.25) is 10.0 Å². The molecule has 0 fully saturated rings. The second-order valence-corrected chi connectivity index (χ2v) is 8.60. The molecule has 1 aromatic heterocycles. The number of hydrogen-bond donors (Lipinski definition) is 1. The van der Waals surface area contributed by atoms with Gasteiger partial charge in [0.15, 0.2) is 5.76 Å². The van der Waals surface area contributed by atoms with E-state index in [-0.39, 0.29) is 23.0 Å². The Morgan fingerprint density at radius 3 is 2.47 bits per heavy atom. The summed E-state index contributed by atoms with van der Waals surface area (Å²) < 4.78 is 42.4. The molecular weight excluding hydrogens is 408 g/mol. The van der Waals surface area contributed by atoms with Crippen molar-refractivity contribution in [3.8, 4) is 11.5 Å². The molecule has 3 rings (SSSR count). The van der Waals surface area contributed by atoms with Gasteiger partial charge >= 0.3 is 0 Å². The molecule has 0 radical (unpaired) electrons. The quantitative estimate of drug-likeness (QED) is 0.588. The Balaban J connectivity index is 1.73. The highest BCUT2D eigenvalue weighted by Crippen LogP contribution is 2.29. The van der Waals surface area contributed by atoms with Crippen LogP contribution >= 0.6 is 0 Å². The molecule has 1 heterocycles. The number of ether oxygens (including phenoxy) is 2. The van der Waals surface area contributed by atoms with Gasteiger partial charge in [0.05, 0.1) is 7.11 Å². The van der Waals surface area contributed by atoms with E-state index in [1.54, 1.807) is 12.1 Å². The Labute approximate surface area is 175 Å². The molecule has 0 saturated carbocycles. The highest BCUT2D eigenvalue weighted by atomic mass is 32.2. The minimum Gasteiger partial charge on any atom is -0.495 e. The molecule has 8 nitrogen and oxygen atoms in total. The van der Waals surface area contributed by atoms with E-state index in [4.69, 9.17) is 13.9 Å². The number of anilines is 1. The smallest absolute Gasteiger partial charge is 0.291 e. The number of para-hydroxylation sites is 1. The minimum absolute atomic E-state index is 0.0517. The number of rotatable bonds is 8. The molecule has 158 valence electrons. The van der Waals surface area contributed by atoms with Crippen LogP contribution in [0.5, 0.6) is 11.5 Å². The van der Waals surface area contributed by atoms with Crippen molar-refractivity contribution < 1.29 is 27.1 Å². The van der Waals surface area contributed by atoms with Crippen molar-refractivity contribution in [1.82, 2.24) is 4.31 Å². The second kappa shape index (κ2) is 9.02. The van der Waals surface area contributed by atoms with E-state index in [1.807, 2.05) is 30.3 Å². The van der Waals surface area contributed by atoms with Gasteiger partial charge in [-0.3, -0.25) is 4.79 Å². The number of amides is 1. The molecule has 1 amide bonds. The number of nitrogens with one attached hydrogen (secondary N) is 1. The van der Waals surface area contributed by atoms with Crippen LogP contribution in [0.2, 0.25) is 0 Å². The Kier molecular flexibility index (Phi) is 6.43. The Hall–Kier alpha value is -3.30. The van der Waals surface area contributed by atoms with E-state index in [0.29, 0.717) is 17.2 Å². The first-order valence-corrected chi connectivity index (χ1v) is 10.4. The van der Waals surface area contributed by atoms with Crippen LogP contribution in [0.15, 0.2) is 70.0 Å². The molecule has 0 aliphatic rings. The SMILES string of the molecule is COc1ccc(NC(=O)c2ccc(COc3ccccc3)o2)cc1S(=O)(=O)N(C)C. The van der Waals surface area contributed by atoms with Crippen LogP contribution in [0.3, 0.4) is 0 Å². The van der Waals surface area contributed by atoms with Crippen molar-refractivity contribution >= 4 is 21.6 Å². The first-order valence-electron chi connectivity index (χ1n) is 8.99. The van der Waals surface area contributed by atoms with E-state index in [1.165, 1.54) is 39.4 Å². The van der Waals surface area contributed by atoms with Crippen LogP contribution in [0, 0.1) is 0 Å². The number of methoxy groups -OCH3 is 1. The summed E-state index contributed by atoms with van der Waals surface area (Å²) in [6, 6.07) is 16.8. The molecule has 0 saturated heterocycles. The molecule has 0 aliphatic heterocycles. The van der Waals surface area contributed by atoms with Gasteiger partial charge in [0.1, 0.15) is 28.8 Å². The molecule has 1 N–H and O–H groups in total. The Bertz CT molecular complexity index is 1120. The van der Waals surface area contributed by atoms with Gasteiger partial charge in [-0.1, -0.05) is 18.2 Å². The summed E-state index contributed by atoms with van der Waals surface area (Å²) in [6.45, 7) is 0.172. The third kappa shape index (κ3) is 4.81. The molecule has 0 atom stereocenters. The number of carbonyl (C=O) groups is 1. The molecule has 9 heteroatoms. The number of benzene rings is 2. The largest absolute Gasteiger partial charge is 0.495 e. The van der Waals surface area contributed by atoms with Crippen molar-refractivity contribution in [2.45, 2.75) is 11.5 Å². The van der Waals surface area contributed by atoms with Crippen molar-refractivity contribution in [1.29, 1.82) is 0 Å². The average Bonchev–Trinajstić information content (AvgIpc) is 3.22. The lowest BCUT2D eigenvalue weighted by atomic mass is 10.3. The lowest BCUT2D eigenvalue weighted by Gasteiger charge is -2.15. The summed E-state index contributed by atoms with van der Waals surface area (Å²) in [5.41, 5.74) is 0.291. The van der Waals surface area contributed by atoms with Crippen LogP contribution in [0.4, 0.5) is 5.69 Å². The summed E-state index contributed by atoms with van der Waals surface area (Å²) in [5.74, 6) is 0.913. The zero-order chi connectivity index (χ0) is 21.7. The standard InChI is InChI=1S/C21H22N2O6S/c1-23(2)30(25,26)20-13-15(9-11-18(20)27-3)22-21(24)19-12-10-17(29-19)14-28-16-7-5-4-6-8-16/h4-13H,14H2,1-3H3,(H,22,24). The van der Waals surface area contributed by atoms with Crippen molar-refractivity contribution in [2.75, 3.05) is 26.5 Å². The molecule has 0 bridgehead atoms. The summed E-state index contributed by atoms with van der Waals surface area (Å²) in [7, 11) is 0.461. The number of hydrogen-bond acceptors (Lipinski definition) is 6. The fraction of sp³-hybridized carbons (Fsp3) is 0.190. The number of sulfonamides is 1. The maximum atomic E-state index is 12.5. The second-order valence-electron chi connectivity index (χ2n) is 6.47. The highest BCUT2D eigenvalue weighted by Gasteiger charge is 2.23. The van der Waals surface area contributed by atoms with Crippen LogP contribution in [0.25, 0.3) is 0 Å². The maximum Gasteiger partial charge on any atom is 0.291 e. The van der Waals surface area contributed by atoms with Gasteiger partial charge in [-0.15, -0.1) is 0 Å². The molecule has 30 heavy (non-hydrogen) atoms. The average molecular weight is 430 g/mol. The number of furan rings is 1. The minimum atomic E-state index is -3.76. The predicted octanol–water partition coefficient (Wildman–Crippen LogP) is 3.37. The van der Waals surface area contributed by atoms with Gasteiger partial charge in [-0.05, 0) is 42.5 Å². The lowest BCUT2D eigenvalue weighted by molar-refractivity contribution is 0.0992. The van der Waals surface area contributed by atoms with Gasteiger partial charge in [-0.2, -0.15) is 0 Å². The van der Waals surface area contributed by atoms with Crippen LogP contribution < -0.4 is 14.8 Å². The van der Waals surface area contributed by atoms with Gasteiger partial charge in [0.25, 0.3) is 5.91 Å². The molecule has 2 aromatic carbocycles. The van der Waals surface area contributed by atoms with Crippen molar-refractivity contribution in [3.63, 3.8) is 0 Å². The van der Waals surface area contributed by atoms with Crippen molar-refractivity contribution in [3.05, 3.63) is 72.2 Å². The zero-order valence-electron chi connectivity index (χ0n) is 16.8. The van der Waals surface area contributed by atoms with Gasteiger partial charge in [0, 0.05) is 19.8 Å². The Morgan fingerprint density at radius 1 is 1.07 bits per heavy atom. The first-order chi connectivity index (χ1) is 14.3. The van der Waals surface area contributed by atoms with E-state index in [9.17, 15) is 13.2 Å². The summed E-state index contributed by atoms with van der Waals surface area (Å²) in [5, 5.41) is 2.64. The first kappa shape index (κ1) is 21.4. The maximum absolute atomic E-state index is 12.5. The summed E-state index contributed by atoms with van der Waals surface area (Å²) in [6.07, 6.45) is 0. The molecule has 3 aromatic rings. The lowest BCUT2D eigenvalue weighted by Crippen LogP contribution is -2.23. The fourth-order valence-electron chi connectivity index (χ4n) is 2.59. The molecule has 0 spiro atoms. The van der Waals surface area contributed by atoms with E-state index < -0.39 is 15.9 Å². The molecule has 0 aliphatic carbocycles. The van der Waals surface area contributed by atoms with E-state index in [2.05, 4.69) is 5.32 Å².